The first-order valence-corrected chi connectivity index (χ1v) is 7.71. The van der Waals surface area contributed by atoms with Gasteiger partial charge in [0.05, 0.1) is 12.9 Å². The first kappa shape index (κ1) is 17.2. The zero-order valence-electron chi connectivity index (χ0n) is 11.5. The number of nitrogens with two attached hydrogens (primary N) is 1. The first-order chi connectivity index (χ1) is 9.84. The third kappa shape index (κ3) is 6.43. The van der Waals surface area contributed by atoms with Crippen LogP contribution in [0.25, 0.3) is 0 Å². The first-order valence-electron chi connectivity index (χ1n) is 6.05. The van der Waals surface area contributed by atoms with Gasteiger partial charge in [-0.05, 0) is 24.3 Å². The molecule has 0 spiro atoms. The molecule has 0 aliphatic rings. The molecule has 8 nitrogen and oxygen atoms in total. The second kappa shape index (κ2) is 7.81. The van der Waals surface area contributed by atoms with E-state index in [0.717, 1.165) is 7.11 Å². The number of rotatable bonds is 8. The standard InChI is InChI=1S/C12H18N2O6S/c1-19-12(16)11(15)8-14-21(17,18)7-6-20-10-4-2-9(13)3-5-10/h2-5,11,14-15H,6-8,13H2,1H3. The molecule has 0 radical (unpaired) electrons. The lowest BCUT2D eigenvalue weighted by atomic mass is 10.3. The molecule has 0 bridgehead atoms. The summed E-state index contributed by atoms with van der Waals surface area (Å²) in [6, 6.07) is 6.51. The van der Waals surface area contributed by atoms with E-state index in [0.29, 0.717) is 11.4 Å². The highest BCUT2D eigenvalue weighted by Crippen LogP contribution is 2.12. The Morgan fingerprint density at radius 2 is 2.00 bits per heavy atom. The highest BCUT2D eigenvalue weighted by Gasteiger charge is 2.19. The molecule has 1 aromatic rings. The van der Waals surface area contributed by atoms with Gasteiger partial charge in [0.1, 0.15) is 12.4 Å². The summed E-state index contributed by atoms with van der Waals surface area (Å²) in [6.45, 7) is -0.523. The van der Waals surface area contributed by atoms with E-state index in [4.69, 9.17) is 10.5 Å². The predicted molar refractivity (Wildman–Crippen MR) is 76.2 cm³/mol. The minimum atomic E-state index is -3.66. The summed E-state index contributed by atoms with van der Waals surface area (Å²) in [5.41, 5.74) is 6.08. The number of benzene rings is 1. The van der Waals surface area contributed by atoms with Crippen LogP contribution in [0.3, 0.4) is 0 Å². The Balaban J connectivity index is 2.36. The van der Waals surface area contributed by atoms with E-state index in [1.165, 1.54) is 0 Å². The van der Waals surface area contributed by atoms with Crippen molar-refractivity contribution >= 4 is 21.7 Å². The second-order valence-electron chi connectivity index (χ2n) is 4.12. The largest absolute Gasteiger partial charge is 0.492 e. The lowest BCUT2D eigenvalue weighted by Gasteiger charge is -2.11. The Hall–Kier alpha value is -1.84. The number of aliphatic hydroxyl groups excluding tert-OH is 1. The summed E-state index contributed by atoms with van der Waals surface area (Å²) >= 11 is 0. The Bertz CT molecular complexity index is 558. The molecule has 1 aromatic carbocycles. The number of nitrogen functional groups attached to an aromatic ring is 1. The van der Waals surface area contributed by atoms with Crippen molar-refractivity contribution in [3.05, 3.63) is 24.3 Å². The molecular formula is C12H18N2O6S. The average molecular weight is 318 g/mol. The van der Waals surface area contributed by atoms with Crippen molar-refractivity contribution in [1.82, 2.24) is 4.72 Å². The van der Waals surface area contributed by atoms with Crippen LogP contribution in [-0.2, 0) is 19.6 Å². The number of sulfonamides is 1. The molecule has 0 aliphatic heterocycles. The molecular weight excluding hydrogens is 300 g/mol. The van der Waals surface area contributed by atoms with Crippen LogP contribution in [0, 0.1) is 0 Å². The molecule has 0 heterocycles. The Morgan fingerprint density at radius 1 is 1.38 bits per heavy atom. The van der Waals surface area contributed by atoms with Crippen LogP contribution in [0.15, 0.2) is 24.3 Å². The molecule has 1 atom stereocenters. The third-order valence-corrected chi connectivity index (χ3v) is 3.78. The molecule has 0 fully saturated rings. The number of methoxy groups -OCH3 is 1. The van der Waals surface area contributed by atoms with Crippen molar-refractivity contribution in [2.75, 3.05) is 31.7 Å². The zero-order chi connectivity index (χ0) is 15.9. The van der Waals surface area contributed by atoms with E-state index in [1.54, 1.807) is 24.3 Å². The summed E-state index contributed by atoms with van der Waals surface area (Å²) in [4.78, 5) is 10.9. The van der Waals surface area contributed by atoms with Crippen molar-refractivity contribution < 1.29 is 27.8 Å². The second-order valence-corrected chi connectivity index (χ2v) is 6.05. The summed E-state index contributed by atoms with van der Waals surface area (Å²) in [5, 5.41) is 9.27. The predicted octanol–water partition coefficient (Wildman–Crippen LogP) is -0.899. The monoisotopic (exact) mass is 318 g/mol. The number of carbonyl (C=O) groups excluding carboxylic acids is 1. The molecule has 4 N–H and O–H groups in total. The Labute approximate surface area is 122 Å². The topological polar surface area (TPSA) is 128 Å². The number of hydrogen-bond acceptors (Lipinski definition) is 7. The van der Waals surface area contributed by atoms with Crippen LogP contribution in [0.4, 0.5) is 5.69 Å². The minimum absolute atomic E-state index is 0.0758. The number of anilines is 1. The van der Waals surface area contributed by atoms with Gasteiger partial charge in [-0.2, -0.15) is 0 Å². The average Bonchev–Trinajstić information content (AvgIpc) is 2.46. The summed E-state index contributed by atoms with van der Waals surface area (Å²) in [5.74, 6) is -0.726. The quantitative estimate of drug-likeness (QED) is 0.418. The normalized spacial score (nSPS) is 12.7. The van der Waals surface area contributed by atoms with Crippen LogP contribution in [-0.4, -0.2) is 51.6 Å². The SMILES string of the molecule is COC(=O)C(O)CNS(=O)(=O)CCOc1ccc(N)cc1. The molecule has 0 amide bonds. The fourth-order valence-corrected chi connectivity index (χ4v) is 2.19. The van der Waals surface area contributed by atoms with Crippen molar-refractivity contribution in [1.29, 1.82) is 0 Å². The van der Waals surface area contributed by atoms with Gasteiger partial charge in [-0.1, -0.05) is 0 Å². The maximum Gasteiger partial charge on any atom is 0.336 e. The molecule has 9 heteroatoms. The maximum atomic E-state index is 11.6. The molecule has 0 saturated carbocycles. The summed E-state index contributed by atoms with van der Waals surface area (Å²) in [6.07, 6.45) is -1.54. The fourth-order valence-electron chi connectivity index (χ4n) is 1.33. The lowest BCUT2D eigenvalue weighted by Crippen LogP contribution is -2.39. The lowest BCUT2D eigenvalue weighted by molar-refractivity contribution is -0.149. The van der Waals surface area contributed by atoms with Gasteiger partial charge in [0, 0.05) is 12.2 Å². The summed E-state index contributed by atoms with van der Waals surface area (Å²) < 4.78 is 34.8. The molecule has 1 rings (SSSR count). The van der Waals surface area contributed by atoms with Crippen molar-refractivity contribution in [3.8, 4) is 5.75 Å². The summed E-state index contributed by atoms with van der Waals surface area (Å²) in [7, 11) is -2.57. The van der Waals surface area contributed by atoms with Crippen molar-refractivity contribution in [3.63, 3.8) is 0 Å². The molecule has 0 aliphatic carbocycles. The van der Waals surface area contributed by atoms with Crippen molar-refractivity contribution in [2.24, 2.45) is 0 Å². The number of hydrogen-bond donors (Lipinski definition) is 3. The van der Waals surface area contributed by atoms with Crippen LogP contribution >= 0.6 is 0 Å². The van der Waals surface area contributed by atoms with Crippen LogP contribution in [0.2, 0.25) is 0 Å². The van der Waals surface area contributed by atoms with E-state index in [1.807, 2.05) is 0 Å². The minimum Gasteiger partial charge on any atom is -0.492 e. The van der Waals surface area contributed by atoms with Gasteiger partial charge in [-0.25, -0.2) is 17.9 Å². The third-order valence-electron chi connectivity index (χ3n) is 2.47. The van der Waals surface area contributed by atoms with Crippen LogP contribution in [0.5, 0.6) is 5.75 Å². The van der Waals surface area contributed by atoms with Gasteiger partial charge >= 0.3 is 5.97 Å². The smallest absolute Gasteiger partial charge is 0.336 e. The number of nitrogens with one attached hydrogen (secondary N) is 1. The molecule has 118 valence electrons. The molecule has 0 aromatic heterocycles. The van der Waals surface area contributed by atoms with Gasteiger partial charge in [-0.3, -0.25) is 0 Å². The van der Waals surface area contributed by atoms with Crippen molar-refractivity contribution in [2.45, 2.75) is 6.10 Å². The molecule has 0 saturated heterocycles. The molecule has 21 heavy (non-hydrogen) atoms. The Morgan fingerprint density at radius 3 is 2.57 bits per heavy atom. The van der Waals surface area contributed by atoms with Gasteiger partial charge in [0.2, 0.25) is 10.0 Å². The van der Waals surface area contributed by atoms with Gasteiger partial charge in [-0.15, -0.1) is 0 Å². The number of carbonyl (C=O) groups is 1. The van der Waals surface area contributed by atoms with E-state index in [9.17, 15) is 18.3 Å². The van der Waals surface area contributed by atoms with Crippen LogP contribution in [0.1, 0.15) is 0 Å². The van der Waals surface area contributed by atoms with Gasteiger partial charge < -0.3 is 20.3 Å². The zero-order valence-corrected chi connectivity index (χ0v) is 12.3. The Kier molecular flexibility index (Phi) is 6.40. The van der Waals surface area contributed by atoms with E-state index in [-0.39, 0.29) is 12.4 Å². The van der Waals surface area contributed by atoms with E-state index < -0.39 is 28.6 Å². The number of aliphatic hydroxyl groups is 1. The van der Waals surface area contributed by atoms with Gasteiger partial charge in [0.15, 0.2) is 6.10 Å². The van der Waals surface area contributed by atoms with E-state index >= 15 is 0 Å². The van der Waals surface area contributed by atoms with Crippen LogP contribution < -0.4 is 15.2 Å². The highest BCUT2D eigenvalue weighted by atomic mass is 32.2. The molecule has 1 unspecified atom stereocenters. The highest BCUT2D eigenvalue weighted by molar-refractivity contribution is 7.89. The number of ether oxygens (including phenoxy) is 2. The fraction of sp³-hybridized carbons (Fsp3) is 0.417. The number of esters is 1. The van der Waals surface area contributed by atoms with E-state index in [2.05, 4.69) is 9.46 Å². The maximum absolute atomic E-state index is 11.6. The van der Waals surface area contributed by atoms with Gasteiger partial charge in [0.25, 0.3) is 0 Å².